The topological polar surface area (TPSA) is 16.4 Å². The number of anilines is 3. The Hall–Kier alpha value is -5.60. The van der Waals surface area contributed by atoms with Gasteiger partial charge in [0.05, 0.1) is 5.69 Å². The lowest BCUT2D eigenvalue weighted by molar-refractivity contribution is 0.661. The van der Waals surface area contributed by atoms with Gasteiger partial charge in [0.15, 0.2) is 0 Å². The van der Waals surface area contributed by atoms with Crippen molar-refractivity contribution in [2.75, 3.05) is 4.90 Å². The molecule has 8 aromatic rings. The van der Waals surface area contributed by atoms with E-state index in [1.807, 2.05) is 12.1 Å². The minimum Gasteiger partial charge on any atom is -0.456 e. The standard InChI is InChI=1S/C43H31NO/c1-43(2)37-18-10-8-17-35(37)41-38(43)26-30-14-6-7-15-33(30)42(41)44(31-22-20-29(21-23-31)28-12-4-3-5-13-28)32-24-25-40-36(27-32)34-16-9-11-19-39(34)45-40/h3-27H,1-2H3. The molecule has 1 aliphatic rings. The van der Waals surface area contributed by atoms with Crippen molar-refractivity contribution in [1.82, 2.24) is 0 Å². The van der Waals surface area contributed by atoms with E-state index in [2.05, 4.69) is 158 Å². The zero-order chi connectivity index (χ0) is 30.1. The van der Waals surface area contributed by atoms with Crippen molar-refractivity contribution in [3.05, 3.63) is 163 Å². The van der Waals surface area contributed by atoms with E-state index in [1.54, 1.807) is 0 Å². The molecule has 2 nitrogen and oxygen atoms in total. The Balaban J connectivity index is 1.37. The fourth-order valence-corrected chi connectivity index (χ4v) is 7.41. The predicted octanol–water partition coefficient (Wildman–Crippen LogP) is 12.2. The predicted molar refractivity (Wildman–Crippen MR) is 189 cm³/mol. The third kappa shape index (κ3) is 3.89. The third-order valence-electron chi connectivity index (χ3n) is 9.64. The SMILES string of the molecule is CC1(C)c2ccccc2-c2c1cc1ccccc1c2N(c1ccc(-c2ccccc2)cc1)c1ccc2oc3ccccc3c2c1. The van der Waals surface area contributed by atoms with Gasteiger partial charge in [-0.15, -0.1) is 0 Å². The smallest absolute Gasteiger partial charge is 0.135 e. The highest BCUT2D eigenvalue weighted by Gasteiger charge is 2.39. The van der Waals surface area contributed by atoms with Crippen LogP contribution < -0.4 is 4.90 Å². The highest BCUT2D eigenvalue weighted by molar-refractivity contribution is 6.11. The molecule has 0 atom stereocenters. The summed E-state index contributed by atoms with van der Waals surface area (Å²) in [4.78, 5) is 2.47. The van der Waals surface area contributed by atoms with E-state index >= 15 is 0 Å². The molecule has 0 radical (unpaired) electrons. The molecule has 0 N–H and O–H groups in total. The summed E-state index contributed by atoms with van der Waals surface area (Å²) in [6, 6.07) is 54.7. The van der Waals surface area contributed by atoms with Gasteiger partial charge in [-0.05, 0) is 75.7 Å². The molecule has 0 spiro atoms. The van der Waals surface area contributed by atoms with Crippen LogP contribution in [0.4, 0.5) is 17.1 Å². The number of rotatable bonds is 4. The molecule has 9 rings (SSSR count). The van der Waals surface area contributed by atoms with Crippen LogP contribution in [0.25, 0.3) is 55.0 Å². The van der Waals surface area contributed by atoms with Crippen LogP contribution >= 0.6 is 0 Å². The van der Waals surface area contributed by atoms with Crippen LogP contribution in [0.1, 0.15) is 25.0 Å². The lowest BCUT2D eigenvalue weighted by Crippen LogP contribution is -2.16. The maximum absolute atomic E-state index is 6.26. The van der Waals surface area contributed by atoms with Crippen molar-refractivity contribution in [2.45, 2.75) is 19.3 Å². The second-order valence-corrected chi connectivity index (χ2v) is 12.6. The first-order valence-electron chi connectivity index (χ1n) is 15.6. The first-order chi connectivity index (χ1) is 22.1. The Labute approximate surface area is 262 Å². The van der Waals surface area contributed by atoms with Crippen LogP contribution in [-0.4, -0.2) is 0 Å². The van der Waals surface area contributed by atoms with E-state index in [0.717, 1.165) is 33.3 Å². The fourth-order valence-electron chi connectivity index (χ4n) is 7.41. The van der Waals surface area contributed by atoms with Crippen LogP contribution in [0.3, 0.4) is 0 Å². The minimum atomic E-state index is -0.127. The van der Waals surface area contributed by atoms with Crippen LogP contribution in [0, 0.1) is 0 Å². The summed E-state index contributed by atoms with van der Waals surface area (Å²) in [5.41, 5.74) is 12.8. The molecule has 2 heteroatoms. The lowest BCUT2D eigenvalue weighted by atomic mass is 9.81. The number of fused-ring (bicyclic) bond motifs is 7. The molecule has 1 aliphatic carbocycles. The summed E-state index contributed by atoms with van der Waals surface area (Å²) in [6.07, 6.45) is 0. The number of furan rings is 1. The zero-order valence-electron chi connectivity index (χ0n) is 25.3. The van der Waals surface area contributed by atoms with Gasteiger partial charge in [-0.3, -0.25) is 0 Å². The van der Waals surface area contributed by atoms with Crippen LogP contribution in [0.5, 0.6) is 0 Å². The summed E-state index contributed by atoms with van der Waals surface area (Å²) in [7, 11) is 0. The van der Waals surface area contributed by atoms with Gasteiger partial charge in [0.2, 0.25) is 0 Å². The molecular formula is C43H31NO. The van der Waals surface area contributed by atoms with Gasteiger partial charge < -0.3 is 9.32 Å². The number of para-hydroxylation sites is 1. The van der Waals surface area contributed by atoms with Gasteiger partial charge in [0, 0.05) is 38.5 Å². The number of nitrogens with zero attached hydrogens (tertiary/aromatic N) is 1. The van der Waals surface area contributed by atoms with Gasteiger partial charge in [-0.2, -0.15) is 0 Å². The molecule has 1 heterocycles. The molecule has 0 unspecified atom stereocenters. The molecule has 0 saturated heterocycles. The van der Waals surface area contributed by atoms with E-state index < -0.39 is 0 Å². The number of hydrogen-bond acceptors (Lipinski definition) is 2. The summed E-state index contributed by atoms with van der Waals surface area (Å²) < 4.78 is 6.26. The molecule has 0 amide bonds. The monoisotopic (exact) mass is 577 g/mol. The minimum absolute atomic E-state index is 0.127. The van der Waals surface area contributed by atoms with E-state index in [9.17, 15) is 0 Å². The maximum atomic E-state index is 6.26. The summed E-state index contributed by atoms with van der Waals surface area (Å²) in [5.74, 6) is 0. The first-order valence-corrected chi connectivity index (χ1v) is 15.6. The van der Waals surface area contributed by atoms with Crippen LogP contribution in [0.15, 0.2) is 156 Å². The normalized spacial score (nSPS) is 13.3. The lowest BCUT2D eigenvalue weighted by Gasteiger charge is -2.30. The van der Waals surface area contributed by atoms with Crippen molar-refractivity contribution in [1.29, 1.82) is 0 Å². The molecule has 214 valence electrons. The summed E-state index contributed by atoms with van der Waals surface area (Å²) in [6.45, 7) is 4.72. The Morgan fingerprint density at radius 2 is 1.13 bits per heavy atom. The maximum Gasteiger partial charge on any atom is 0.135 e. The molecule has 1 aromatic heterocycles. The second kappa shape index (κ2) is 9.70. The van der Waals surface area contributed by atoms with Gasteiger partial charge in [0.1, 0.15) is 11.2 Å². The largest absolute Gasteiger partial charge is 0.456 e. The van der Waals surface area contributed by atoms with Gasteiger partial charge in [-0.1, -0.05) is 123 Å². The van der Waals surface area contributed by atoms with Crippen molar-refractivity contribution < 1.29 is 4.42 Å². The zero-order valence-corrected chi connectivity index (χ0v) is 25.3. The molecule has 0 bridgehead atoms. The van der Waals surface area contributed by atoms with Gasteiger partial charge >= 0.3 is 0 Å². The molecule has 7 aromatic carbocycles. The van der Waals surface area contributed by atoms with E-state index in [4.69, 9.17) is 4.42 Å². The second-order valence-electron chi connectivity index (χ2n) is 12.6. The highest BCUT2D eigenvalue weighted by Crippen LogP contribution is 2.56. The van der Waals surface area contributed by atoms with E-state index in [-0.39, 0.29) is 5.41 Å². The first kappa shape index (κ1) is 25.9. The van der Waals surface area contributed by atoms with Crippen molar-refractivity contribution in [3.63, 3.8) is 0 Å². The molecule has 0 aliphatic heterocycles. The average molecular weight is 578 g/mol. The molecule has 0 fully saturated rings. The van der Waals surface area contributed by atoms with Gasteiger partial charge in [-0.25, -0.2) is 0 Å². The van der Waals surface area contributed by atoms with Crippen molar-refractivity contribution in [2.24, 2.45) is 0 Å². The Morgan fingerprint density at radius 3 is 1.98 bits per heavy atom. The fraction of sp³-hybridized carbons (Fsp3) is 0.0698. The number of benzene rings is 7. The molecule has 0 saturated carbocycles. The summed E-state index contributed by atoms with van der Waals surface area (Å²) >= 11 is 0. The van der Waals surface area contributed by atoms with Crippen molar-refractivity contribution in [3.8, 4) is 22.3 Å². The van der Waals surface area contributed by atoms with Crippen LogP contribution in [0.2, 0.25) is 0 Å². The highest BCUT2D eigenvalue weighted by atomic mass is 16.3. The van der Waals surface area contributed by atoms with E-state index in [1.165, 1.54) is 49.8 Å². The summed E-state index contributed by atoms with van der Waals surface area (Å²) in [5, 5.41) is 4.72. The Kier molecular flexibility index (Phi) is 5.58. The van der Waals surface area contributed by atoms with Crippen molar-refractivity contribution >= 4 is 49.8 Å². The quantitative estimate of drug-likeness (QED) is 0.207. The van der Waals surface area contributed by atoms with E-state index in [0.29, 0.717) is 0 Å². The molecule has 45 heavy (non-hydrogen) atoms. The average Bonchev–Trinajstić information content (AvgIpc) is 3.57. The third-order valence-corrected chi connectivity index (χ3v) is 9.64. The van der Waals surface area contributed by atoms with Gasteiger partial charge in [0.25, 0.3) is 0 Å². The van der Waals surface area contributed by atoms with Crippen LogP contribution in [-0.2, 0) is 5.41 Å². The Bertz CT molecular complexity index is 2400. The molecular weight excluding hydrogens is 546 g/mol. The number of hydrogen-bond donors (Lipinski definition) is 0. The Morgan fingerprint density at radius 1 is 0.489 bits per heavy atom.